The smallest absolute Gasteiger partial charge is 0.148 e. The summed E-state index contributed by atoms with van der Waals surface area (Å²) in [5.41, 5.74) is 3.64. The van der Waals surface area contributed by atoms with Crippen molar-refractivity contribution in [3.05, 3.63) is 36.0 Å². The van der Waals surface area contributed by atoms with Gasteiger partial charge in [0.2, 0.25) is 0 Å². The number of hydrogen-bond donors (Lipinski definition) is 3. The molecule has 1 atom stereocenters. The second kappa shape index (κ2) is 7.08. The van der Waals surface area contributed by atoms with Gasteiger partial charge in [0.15, 0.2) is 0 Å². The summed E-state index contributed by atoms with van der Waals surface area (Å²) >= 11 is 0. The standard InChI is InChI=1S/C15H23N5O/c1-10(2)13-14(17-9-18-15(13)20-16)19-11(3)6-7-12-5-4-8-21-12/h4-5,8-11H,6-7,16H2,1-3H3,(H2,17,18,19,20). The molecule has 0 aliphatic heterocycles. The number of aromatic nitrogens is 2. The summed E-state index contributed by atoms with van der Waals surface area (Å²) in [6, 6.07) is 4.18. The molecular weight excluding hydrogens is 266 g/mol. The first-order valence-electron chi connectivity index (χ1n) is 7.22. The number of nitrogens with zero attached hydrogens (tertiary/aromatic N) is 2. The number of aryl methyl sites for hydroxylation is 1. The lowest BCUT2D eigenvalue weighted by atomic mass is 10.0. The predicted molar refractivity (Wildman–Crippen MR) is 84.0 cm³/mol. The highest BCUT2D eigenvalue weighted by molar-refractivity contribution is 5.58. The summed E-state index contributed by atoms with van der Waals surface area (Å²) in [5, 5.41) is 3.44. The number of rotatable bonds is 7. The average molecular weight is 289 g/mol. The van der Waals surface area contributed by atoms with Gasteiger partial charge < -0.3 is 15.2 Å². The monoisotopic (exact) mass is 289 g/mol. The Hall–Kier alpha value is -2.08. The summed E-state index contributed by atoms with van der Waals surface area (Å²) < 4.78 is 5.35. The average Bonchev–Trinajstić information content (AvgIpc) is 2.97. The lowest BCUT2D eigenvalue weighted by Crippen LogP contribution is -2.20. The molecule has 1 unspecified atom stereocenters. The number of furan rings is 1. The highest BCUT2D eigenvalue weighted by atomic mass is 16.3. The van der Waals surface area contributed by atoms with E-state index in [0.29, 0.717) is 5.82 Å². The van der Waals surface area contributed by atoms with E-state index in [1.807, 2.05) is 12.1 Å². The minimum Gasteiger partial charge on any atom is -0.469 e. The number of hydrogen-bond acceptors (Lipinski definition) is 6. The van der Waals surface area contributed by atoms with E-state index in [0.717, 1.165) is 30.0 Å². The lowest BCUT2D eigenvalue weighted by Gasteiger charge is -2.20. The largest absolute Gasteiger partial charge is 0.469 e. The lowest BCUT2D eigenvalue weighted by molar-refractivity contribution is 0.494. The van der Waals surface area contributed by atoms with Crippen LogP contribution in [-0.4, -0.2) is 16.0 Å². The van der Waals surface area contributed by atoms with Crippen molar-refractivity contribution in [2.75, 3.05) is 10.7 Å². The SMILES string of the molecule is CC(CCc1ccco1)Nc1ncnc(NN)c1C(C)C. The van der Waals surface area contributed by atoms with Crippen LogP contribution in [0.25, 0.3) is 0 Å². The fourth-order valence-electron chi connectivity index (χ4n) is 2.29. The Morgan fingerprint density at radius 1 is 1.24 bits per heavy atom. The maximum atomic E-state index is 5.53. The maximum absolute atomic E-state index is 5.53. The molecule has 2 heterocycles. The molecule has 6 nitrogen and oxygen atoms in total. The molecule has 0 fully saturated rings. The molecule has 0 bridgehead atoms. The molecule has 4 N–H and O–H groups in total. The van der Waals surface area contributed by atoms with Crippen LogP contribution < -0.4 is 16.6 Å². The molecule has 6 heteroatoms. The molecule has 114 valence electrons. The van der Waals surface area contributed by atoms with Gasteiger partial charge in [-0.2, -0.15) is 0 Å². The normalized spacial score (nSPS) is 12.4. The van der Waals surface area contributed by atoms with Crippen molar-refractivity contribution in [1.82, 2.24) is 9.97 Å². The molecule has 0 saturated heterocycles. The second-order valence-corrected chi connectivity index (χ2v) is 5.45. The molecule has 0 spiro atoms. The minimum atomic E-state index is 0.271. The number of hydrazine groups is 1. The predicted octanol–water partition coefficient (Wildman–Crippen LogP) is 2.91. The van der Waals surface area contributed by atoms with Gasteiger partial charge in [-0.25, -0.2) is 15.8 Å². The van der Waals surface area contributed by atoms with Crippen LogP contribution in [0.15, 0.2) is 29.1 Å². The minimum absolute atomic E-state index is 0.271. The summed E-state index contributed by atoms with van der Waals surface area (Å²) in [7, 11) is 0. The summed E-state index contributed by atoms with van der Waals surface area (Å²) in [4.78, 5) is 8.52. The molecular formula is C15H23N5O. The first-order valence-corrected chi connectivity index (χ1v) is 7.22. The van der Waals surface area contributed by atoms with Gasteiger partial charge in [0.05, 0.1) is 6.26 Å². The van der Waals surface area contributed by atoms with Crippen molar-refractivity contribution in [1.29, 1.82) is 0 Å². The molecule has 0 aromatic carbocycles. The summed E-state index contributed by atoms with van der Waals surface area (Å²) in [6.07, 6.45) is 5.07. The molecule has 2 rings (SSSR count). The van der Waals surface area contributed by atoms with Crippen LogP contribution in [0.5, 0.6) is 0 Å². The Morgan fingerprint density at radius 3 is 2.62 bits per heavy atom. The highest BCUT2D eigenvalue weighted by Crippen LogP contribution is 2.28. The third-order valence-corrected chi connectivity index (χ3v) is 3.38. The van der Waals surface area contributed by atoms with Gasteiger partial charge in [-0.1, -0.05) is 13.8 Å². The van der Waals surface area contributed by atoms with Crippen LogP contribution in [0.4, 0.5) is 11.6 Å². The van der Waals surface area contributed by atoms with E-state index in [4.69, 9.17) is 10.3 Å². The van der Waals surface area contributed by atoms with E-state index < -0.39 is 0 Å². The third kappa shape index (κ3) is 3.95. The van der Waals surface area contributed by atoms with E-state index >= 15 is 0 Å². The Morgan fingerprint density at radius 2 is 2.00 bits per heavy atom. The summed E-state index contributed by atoms with van der Waals surface area (Å²) in [5.74, 6) is 8.31. The summed E-state index contributed by atoms with van der Waals surface area (Å²) in [6.45, 7) is 6.32. The van der Waals surface area contributed by atoms with Crippen LogP contribution in [0.3, 0.4) is 0 Å². The van der Waals surface area contributed by atoms with E-state index in [1.54, 1.807) is 6.26 Å². The van der Waals surface area contributed by atoms with Gasteiger partial charge in [0.25, 0.3) is 0 Å². The van der Waals surface area contributed by atoms with Crippen LogP contribution in [-0.2, 0) is 6.42 Å². The zero-order valence-electron chi connectivity index (χ0n) is 12.8. The third-order valence-electron chi connectivity index (χ3n) is 3.38. The Balaban J connectivity index is 2.04. The van der Waals surface area contributed by atoms with Crippen LogP contribution in [0, 0.1) is 0 Å². The van der Waals surface area contributed by atoms with E-state index in [9.17, 15) is 0 Å². The Kier molecular flexibility index (Phi) is 5.16. The Bertz CT molecular complexity index is 553. The van der Waals surface area contributed by atoms with Crippen LogP contribution in [0.2, 0.25) is 0 Å². The number of nitrogen functional groups attached to an aromatic ring is 1. The van der Waals surface area contributed by atoms with E-state index in [-0.39, 0.29) is 12.0 Å². The zero-order chi connectivity index (χ0) is 15.2. The fourth-order valence-corrected chi connectivity index (χ4v) is 2.29. The molecule has 2 aromatic rings. The molecule has 0 aliphatic carbocycles. The second-order valence-electron chi connectivity index (χ2n) is 5.45. The zero-order valence-corrected chi connectivity index (χ0v) is 12.8. The Labute approximate surface area is 125 Å². The van der Waals surface area contributed by atoms with Gasteiger partial charge in [-0.3, -0.25) is 0 Å². The fraction of sp³-hybridized carbons (Fsp3) is 0.467. The van der Waals surface area contributed by atoms with Gasteiger partial charge in [-0.15, -0.1) is 0 Å². The van der Waals surface area contributed by atoms with Gasteiger partial charge in [0, 0.05) is 18.0 Å². The van der Waals surface area contributed by atoms with Crippen LogP contribution in [0.1, 0.15) is 44.4 Å². The number of nitrogens with two attached hydrogens (primary N) is 1. The van der Waals surface area contributed by atoms with E-state index in [1.165, 1.54) is 6.33 Å². The molecule has 0 amide bonds. The number of nitrogens with one attached hydrogen (secondary N) is 2. The molecule has 21 heavy (non-hydrogen) atoms. The van der Waals surface area contributed by atoms with Crippen molar-refractivity contribution >= 4 is 11.6 Å². The van der Waals surface area contributed by atoms with Gasteiger partial charge in [-0.05, 0) is 31.4 Å². The number of anilines is 2. The first-order chi connectivity index (χ1) is 10.1. The van der Waals surface area contributed by atoms with E-state index in [2.05, 4.69) is 41.5 Å². The van der Waals surface area contributed by atoms with Gasteiger partial charge >= 0.3 is 0 Å². The van der Waals surface area contributed by atoms with Crippen molar-refractivity contribution < 1.29 is 4.42 Å². The van der Waals surface area contributed by atoms with Crippen molar-refractivity contribution in [2.24, 2.45) is 5.84 Å². The van der Waals surface area contributed by atoms with Crippen molar-refractivity contribution in [2.45, 2.75) is 45.6 Å². The molecule has 0 radical (unpaired) electrons. The molecule has 2 aromatic heterocycles. The molecule has 0 aliphatic rings. The van der Waals surface area contributed by atoms with Gasteiger partial charge in [0.1, 0.15) is 23.7 Å². The van der Waals surface area contributed by atoms with Crippen LogP contribution >= 0.6 is 0 Å². The highest BCUT2D eigenvalue weighted by Gasteiger charge is 2.16. The topological polar surface area (TPSA) is 89.0 Å². The van der Waals surface area contributed by atoms with Crippen molar-refractivity contribution in [3.8, 4) is 0 Å². The first kappa shape index (κ1) is 15.3. The quantitative estimate of drug-likeness (QED) is 0.536. The van der Waals surface area contributed by atoms with Crippen molar-refractivity contribution in [3.63, 3.8) is 0 Å². The maximum Gasteiger partial charge on any atom is 0.148 e. The molecule has 0 saturated carbocycles.